The lowest BCUT2D eigenvalue weighted by molar-refractivity contribution is -0.130. The summed E-state index contributed by atoms with van der Waals surface area (Å²) in [5.74, 6) is -5.66. The smallest absolute Gasteiger partial charge is 0.251 e. The third kappa shape index (κ3) is 3.72. The van der Waals surface area contributed by atoms with E-state index in [1.165, 1.54) is 0 Å². The fourth-order valence-electron chi connectivity index (χ4n) is 1.97. The number of benzene rings is 1. The van der Waals surface area contributed by atoms with Crippen molar-refractivity contribution in [3.63, 3.8) is 0 Å². The van der Waals surface area contributed by atoms with Crippen molar-refractivity contribution in [3.05, 3.63) is 35.1 Å². The Bertz CT molecular complexity index is 537. The van der Waals surface area contributed by atoms with Gasteiger partial charge in [0.25, 0.3) is 5.91 Å². The Morgan fingerprint density at radius 2 is 1.71 bits per heavy atom. The van der Waals surface area contributed by atoms with Crippen LogP contribution in [0.25, 0.3) is 0 Å². The zero-order chi connectivity index (χ0) is 15.4. The van der Waals surface area contributed by atoms with Crippen LogP contribution in [0, 0.1) is 17.5 Å². The average molecular weight is 301 g/mol. The van der Waals surface area contributed by atoms with Gasteiger partial charge in [-0.05, 0) is 12.1 Å². The molecule has 0 atom stereocenters. The molecule has 2 amide bonds. The molecule has 0 saturated carbocycles. The van der Waals surface area contributed by atoms with Crippen LogP contribution < -0.4 is 10.6 Å². The lowest BCUT2D eigenvalue weighted by atomic mass is 10.2. The SMILES string of the molecule is O=C(NCC(=O)N1CCNCC1)c1cc(F)c(F)c(F)c1. The summed E-state index contributed by atoms with van der Waals surface area (Å²) < 4.78 is 38.8. The number of carbonyl (C=O) groups excluding carboxylic acids is 2. The maximum absolute atomic E-state index is 13.0. The molecule has 0 radical (unpaired) electrons. The first-order valence-corrected chi connectivity index (χ1v) is 6.40. The largest absolute Gasteiger partial charge is 0.343 e. The van der Waals surface area contributed by atoms with Gasteiger partial charge in [0.1, 0.15) is 0 Å². The average Bonchev–Trinajstić information content (AvgIpc) is 2.50. The van der Waals surface area contributed by atoms with Crippen molar-refractivity contribution in [2.45, 2.75) is 0 Å². The fraction of sp³-hybridized carbons (Fsp3) is 0.385. The number of piperazine rings is 1. The van der Waals surface area contributed by atoms with E-state index in [4.69, 9.17) is 0 Å². The van der Waals surface area contributed by atoms with Gasteiger partial charge < -0.3 is 15.5 Å². The molecule has 1 fully saturated rings. The number of hydrogen-bond acceptors (Lipinski definition) is 3. The van der Waals surface area contributed by atoms with Crippen LogP contribution in [0.4, 0.5) is 13.2 Å². The van der Waals surface area contributed by atoms with Crippen LogP contribution in [-0.4, -0.2) is 49.4 Å². The monoisotopic (exact) mass is 301 g/mol. The molecular formula is C13H14F3N3O2. The Morgan fingerprint density at radius 3 is 2.29 bits per heavy atom. The minimum atomic E-state index is -1.64. The molecule has 0 aromatic heterocycles. The van der Waals surface area contributed by atoms with Gasteiger partial charge in [0.15, 0.2) is 17.5 Å². The van der Waals surface area contributed by atoms with Crippen LogP contribution in [0.1, 0.15) is 10.4 Å². The molecular weight excluding hydrogens is 287 g/mol. The van der Waals surface area contributed by atoms with Crippen LogP contribution in [-0.2, 0) is 4.79 Å². The molecule has 0 spiro atoms. The van der Waals surface area contributed by atoms with Crippen molar-refractivity contribution in [2.75, 3.05) is 32.7 Å². The van der Waals surface area contributed by atoms with Crippen LogP contribution in [0.15, 0.2) is 12.1 Å². The van der Waals surface area contributed by atoms with Gasteiger partial charge in [-0.1, -0.05) is 0 Å². The zero-order valence-corrected chi connectivity index (χ0v) is 11.1. The van der Waals surface area contributed by atoms with E-state index in [-0.39, 0.29) is 18.0 Å². The Morgan fingerprint density at radius 1 is 1.14 bits per heavy atom. The van der Waals surface area contributed by atoms with Crippen molar-refractivity contribution < 1.29 is 22.8 Å². The highest BCUT2D eigenvalue weighted by Crippen LogP contribution is 2.13. The molecule has 1 heterocycles. The Kier molecular flexibility index (Phi) is 4.79. The minimum absolute atomic E-state index is 0.278. The first kappa shape index (κ1) is 15.3. The third-order valence-electron chi connectivity index (χ3n) is 3.12. The topological polar surface area (TPSA) is 61.4 Å². The summed E-state index contributed by atoms with van der Waals surface area (Å²) in [7, 11) is 0. The third-order valence-corrected chi connectivity index (χ3v) is 3.12. The van der Waals surface area contributed by atoms with Gasteiger partial charge in [0, 0.05) is 31.7 Å². The second-order valence-corrected chi connectivity index (χ2v) is 4.57. The van der Waals surface area contributed by atoms with Crippen molar-refractivity contribution in [3.8, 4) is 0 Å². The molecule has 5 nitrogen and oxygen atoms in total. The van der Waals surface area contributed by atoms with Crippen LogP contribution in [0.5, 0.6) is 0 Å². The fourth-order valence-corrected chi connectivity index (χ4v) is 1.97. The molecule has 1 saturated heterocycles. The number of amides is 2. The normalized spacial score (nSPS) is 14.9. The lowest BCUT2D eigenvalue weighted by Gasteiger charge is -2.27. The molecule has 2 rings (SSSR count). The predicted octanol–water partition coefficient (Wildman–Crippen LogP) is 0.265. The number of carbonyl (C=O) groups is 2. The Hall–Kier alpha value is -2.09. The predicted molar refractivity (Wildman–Crippen MR) is 68.1 cm³/mol. The van der Waals surface area contributed by atoms with E-state index in [1.807, 2.05) is 0 Å². The van der Waals surface area contributed by atoms with Gasteiger partial charge in [-0.25, -0.2) is 13.2 Å². The van der Waals surface area contributed by atoms with Crippen molar-refractivity contribution >= 4 is 11.8 Å². The molecule has 1 aromatic carbocycles. The van der Waals surface area contributed by atoms with Gasteiger partial charge in [-0.2, -0.15) is 0 Å². The Balaban J connectivity index is 1.94. The zero-order valence-electron chi connectivity index (χ0n) is 11.1. The number of rotatable bonds is 3. The van der Waals surface area contributed by atoms with Crippen molar-refractivity contribution in [2.24, 2.45) is 0 Å². The minimum Gasteiger partial charge on any atom is -0.343 e. The summed E-state index contributed by atoms with van der Waals surface area (Å²) >= 11 is 0. The van der Waals surface area contributed by atoms with Gasteiger partial charge in [0.2, 0.25) is 5.91 Å². The molecule has 0 bridgehead atoms. The van der Waals surface area contributed by atoms with Gasteiger partial charge in [0.05, 0.1) is 6.54 Å². The van der Waals surface area contributed by atoms with E-state index in [0.29, 0.717) is 38.3 Å². The van der Waals surface area contributed by atoms with Gasteiger partial charge >= 0.3 is 0 Å². The maximum Gasteiger partial charge on any atom is 0.251 e. The van der Waals surface area contributed by atoms with E-state index in [1.54, 1.807) is 4.90 Å². The van der Waals surface area contributed by atoms with E-state index in [2.05, 4.69) is 10.6 Å². The molecule has 21 heavy (non-hydrogen) atoms. The summed E-state index contributed by atoms with van der Waals surface area (Å²) in [6.07, 6.45) is 0. The summed E-state index contributed by atoms with van der Waals surface area (Å²) in [4.78, 5) is 25.1. The molecule has 1 aromatic rings. The summed E-state index contributed by atoms with van der Waals surface area (Å²) in [5.41, 5.74) is -0.375. The summed E-state index contributed by atoms with van der Waals surface area (Å²) in [6, 6.07) is 1.17. The maximum atomic E-state index is 13.0. The highest BCUT2D eigenvalue weighted by atomic mass is 19.2. The number of nitrogens with zero attached hydrogens (tertiary/aromatic N) is 1. The number of hydrogen-bond donors (Lipinski definition) is 2. The van der Waals surface area contributed by atoms with E-state index >= 15 is 0 Å². The second kappa shape index (κ2) is 6.57. The standard InChI is InChI=1S/C13H14F3N3O2/c14-9-5-8(6-10(15)12(9)16)13(21)18-7-11(20)19-3-1-17-2-4-19/h5-6,17H,1-4,7H2,(H,18,21). The first-order chi connectivity index (χ1) is 9.99. The summed E-state index contributed by atoms with van der Waals surface area (Å²) in [5, 5.41) is 5.34. The number of halogens is 3. The lowest BCUT2D eigenvalue weighted by Crippen LogP contribution is -2.49. The van der Waals surface area contributed by atoms with Gasteiger partial charge in [-0.3, -0.25) is 9.59 Å². The molecule has 2 N–H and O–H groups in total. The molecule has 1 aliphatic rings. The highest BCUT2D eigenvalue weighted by molar-refractivity contribution is 5.96. The van der Waals surface area contributed by atoms with Crippen molar-refractivity contribution in [1.82, 2.24) is 15.5 Å². The molecule has 0 unspecified atom stereocenters. The van der Waals surface area contributed by atoms with Crippen LogP contribution in [0.2, 0.25) is 0 Å². The Labute approximate surface area is 119 Å². The first-order valence-electron chi connectivity index (χ1n) is 6.40. The van der Waals surface area contributed by atoms with Crippen LogP contribution in [0.3, 0.4) is 0 Å². The van der Waals surface area contributed by atoms with Crippen molar-refractivity contribution in [1.29, 1.82) is 0 Å². The quantitative estimate of drug-likeness (QED) is 0.788. The van der Waals surface area contributed by atoms with E-state index in [0.717, 1.165) is 0 Å². The molecule has 0 aliphatic carbocycles. The van der Waals surface area contributed by atoms with E-state index < -0.39 is 23.4 Å². The molecule has 1 aliphatic heterocycles. The number of nitrogens with one attached hydrogen (secondary N) is 2. The van der Waals surface area contributed by atoms with Gasteiger partial charge in [-0.15, -0.1) is 0 Å². The second-order valence-electron chi connectivity index (χ2n) is 4.57. The van der Waals surface area contributed by atoms with E-state index in [9.17, 15) is 22.8 Å². The highest BCUT2D eigenvalue weighted by Gasteiger charge is 2.18. The molecule has 8 heteroatoms. The van der Waals surface area contributed by atoms with Crippen LogP contribution >= 0.6 is 0 Å². The summed E-state index contributed by atoms with van der Waals surface area (Å²) in [6.45, 7) is 2.14. The molecule has 114 valence electrons.